The number of benzene rings is 1. The lowest BCUT2D eigenvalue weighted by molar-refractivity contribution is 0.0326. The number of amides is 1. The number of carbonyl (C=O) groups is 1. The maximum absolute atomic E-state index is 12.9. The molecule has 6 nitrogen and oxygen atoms in total. The Morgan fingerprint density at radius 1 is 1.04 bits per heavy atom. The average molecular weight is 368 g/mol. The number of carbonyl (C=O) groups excluding carboxylic acids is 1. The van der Waals surface area contributed by atoms with Crippen LogP contribution >= 0.6 is 0 Å². The number of aromatic nitrogens is 2. The molecule has 0 bridgehead atoms. The molecule has 6 heteroatoms. The highest BCUT2D eigenvalue weighted by molar-refractivity contribution is 6.04. The molecule has 1 amide bonds. The molecule has 27 heavy (non-hydrogen) atoms. The molecule has 1 aromatic heterocycles. The number of fused-ring (bicyclic) bond motifs is 1. The number of H-pyrrole nitrogens is 1. The van der Waals surface area contributed by atoms with Crippen molar-refractivity contribution in [2.24, 2.45) is 0 Å². The number of likely N-dealkylation sites (tertiary alicyclic amines) is 1. The van der Waals surface area contributed by atoms with Crippen molar-refractivity contribution in [2.45, 2.75) is 56.9 Å². The summed E-state index contributed by atoms with van der Waals surface area (Å²) in [6, 6.07) is 7.14. The Morgan fingerprint density at radius 3 is 2.44 bits per heavy atom. The van der Waals surface area contributed by atoms with Gasteiger partial charge in [0.2, 0.25) is 0 Å². The number of nitrogens with one attached hydrogen (secondary N) is 2. The lowest BCUT2D eigenvalue weighted by Gasteiger charge is -2.48. The fraction of sp³-hybridized carbons (Fsp3) is 0.571. The van der Waals surface area contributed by atoms with E-state index in [0.717, 1.165) is 25.9 Å². The largest absolute Gasteiger partial charge is 0.349 e. The minimum atomic E-state index is -0.265. The Hall–Kier alpha value is -2.21. The summed E-state index contributed by atoms with van der Waals surface area (Å²) in [4.78, 5) is 27.5. The Morgan fingerprint density at radius 2 is 1.70 bits per heavy atom. The third kappa shape index (κ3) is 3.63. The first-order chi connectivity index (χ1) is 13.2. The highest BCUT2D eigenvalue weighted by Gasteiger charge is 2.38. The number of hydrogen-bond donors (Lipinski definition) is 2. The highest BCUT2D eigenvalue weighted by Crippen LogP contribution is 2.35. The van der Waals surface area contributed by atoms with Crippen molar-refractivity contribution in [3.63, 3.8) is 0 Å². The quantitative estimate of drug-likeness (QED) is 0.870. The first-order valence-electron chi connectivity index (χ1n) is 10.2. The number of hydrogen-bond acceptors (Lipinski definition) is 4. The van der Waals surface area contributed by atoms with E-state index >= 15 is 0 Å². The van der Waals surface area contributed by atoms with Crippen molar-refractivity contribution < 1.29 is 4.79 Å². The van der Waals surface area contributed by atoms with Gasteiger partial charge >= 0.3 is 0 Å². The number of aromatic amines is 1. The fourth-order valence-electron chi connectivity index (χ4n) is 4.80. The number of nitrogens with zero attached hydrogens (tertiary/aromatic N) is 2. The van der Waals surface area contributed by atoms with E-state index in [4.69, 9.17) is 0 Å². The van der Waals surface area contributed by atoms with Crippen LogP contribution in [0.15, 0.2) is 29.1 Å². The van der Waals surface area contributed by atoms with Crippen LogP contribution in [-0.4, -0.2) is 46.2 Å². The molecule has 2 aromatic rings. The SMILES string of the molecule is O=C(NCC1(N2CCCCC2)CCCCC1)c1n[nH]c(=O)c2ccccc12. The van der Waals surface area contributed by atoms with E-state index in [9.17, 15) is 9.59 Å². The van der Waals surface area contributed by atoms with Gasteiger partial charge in [0.25, 0.3) is 11.5 Å². The molecule has 1 saturated heterocycles. The third-order valence-electron chi connectivity index (χ3n) is 6.30. The lowest BCUT2D eigenvalue weighted by atomic mass is 9.79. The molecule has 2 N–H and O–H groups in total. The minimum Gasteiger partial charge on any atom is -0.349 e. The number of piperidine rings is 1. The zero-order chi connectivity index (χ0) is 18.7. The summed E-state index contributed by atoms with van der Waals surface area (Å²) >= 11 is 0. The smallest absolute Gasteiger partial charge is 0.272 e. The molecule has 1 aliphatic carbocycles. The van der Waals surface area contributed by atoms with Crippen LogP contribution in [0.1, 0.15) is 61.9 Å². The van der Waals surface area contributed by atoms with Gasteiger partial charge in [-0.2, -0.15) is 5.10 Å². The predicted octanol–water partition coefficient (Wildman–Crippen LogP) is 2.84. The van der Waals surface area contributed by atoms with E-state index in [0.29, 0.717) is 23.0 Å². The van der Waals surface area contributed by atoms with Crippen molar-refractivity contribution in [3.8, 4) is 0 Å². The van der Waals surface area contributed by atoms with Gasteiger partial charge < -0.3 is 5.32 Å². The van der Waals surface area contributed by atoms with E-state index in [2.05, 4.69) is 20.4 Å². The highest BCUT2D eigenvalue weighted by atomic mass is 16.2. The van der Waals surface area contributed by atoms with E-state index in [-0.39, 0.29) is 17.0 Å². The second-order valence-corrected chi connectivity index (χ2v) is 7.96. The average Bonchev–Trinajstić information content (AvgIpc) is 2.74. The molecule has 144 valence electrons. The van der Waals surface area contributed by atoms with E-state index < -0.39 is 0 Å². The zero-order valence-corrected chi connectivity index (χ0v) is 15.8. The van der Waals surface area contributed by atoms with Gasteiger partial charge in [0.05, 0.1) is 5.39 Å². The van der Waals surface area contributed by atoms with Gasteiger partial charge in [-0.25, -0.2) is 5.10 Å². The molecule has 2 heterocycles. The van der Waals surface area contributed by atoms with E-state index in [1.807, 2.05) is 6.07 Å². The molecular formula is C21H28N4O2. The van der Waals surface area contributed by atoms with Crippen LogP contribution in [-0.2, 0) is 0 Å². The molecule has 2 fully saturated rings. The second kappa shape index (κ2) is 7.80. The van der Waals surface area contributed by atoms with Crippen LogP contribution in [0.2, 0.25) is 0 Å². The van der Waals surface area contributed by atoms with Gasteiger partial charge in [-0.05, 0) is 44.8 Å². The standard InChI is InChI=1S/C21H28N4O2/c26-19-17-10-4-3-9-16(17)18(23-24-19)20(27)22-15-21(11-5-1-6-12-21)25-13-7-2-8-14-25/h3-4,9-10H,1-2,5-8,11-15H2,(H,22,27)(H,24,26). The van der Waals surface area contributed by atoms with Gasteiger partial charge in [-0.1, -0.05) is 43.9 Å². The van der Waals surface area contributed by atoms with Crippen molar-refractivity contribution in [1.82, 2.24) is 20.4 Å². The van der Waals surface area contributed by atoms with Crippen LogP contribution in [0.3, 0.4) is 0 Å². The summed E-state index contributed by atoms with van der Waals surface area (Å²) in [6.45, 7) is 2.92. The molecule has 0 spiro atoms. The van der Waals surface area contributed by atoms with Gasteiger partial charge in [0, 0.05) is 17.5 Å². The Kier molecular flexibility index (Phi) is 5.25. The Balaban J connectivity index is 1.55. The Labute approximate surface area is 159 Å². The topological polar surface area (TPSA) is 78.1 Å². The summed E-state index contributed by atoms with van der Waals surface area (Å²) in [5, 5.41) is 10.8. The van der Waals surface area contributed by atoms with Crippen LogP contribution in [0.25, 0.3) is 10.8 Å². The molecular weight excluding hydrogens is 340 g/mol. The molecule has 0 radical (unpaired) electrons. The molecule has 1 saturated carbocycles. The first kappa shape index (κ1) is 18.2. The minimum absolute atomic E-state index is 0.0757. The molecule has 0 atom stereocenters. The Bertz CT molecular complexity index is 864. The van der Waals surface area contributed by atoms with Crippen molar-refractivity contribution in [1.29, 1.82) is 0 Å². The van der Waals surface area contributed by atoms with E-state index in [1.165, 1.54) is 38.5 Å². The van der Waals surface area contributed by atoms with Crippen LogP contribution in [0.4, 0.5) is 0 Å². The van der Waals surface area contributed by atoms with Crippen molar-refractivity contribution in [2.75, 3.05) is 19.6 Å². The van der Waals surface area contributed by atoms with Gasteiger partial charge in [0.15, 0.2) is 5.69 Å². The zero-order valence-electron chi connectivity index (χ0n) is 15.8. The maximum Gasteiger partial charge on any atom is 0.272 e. The predicted molar refractivity (Wildman–Crippen MR) is 106 cm³/mol. The molecule has 0 unspecified atom stereocenters. The summed E-state index contributed by atoms with van der Waals surface area (Å²) in [6.07, 6.45) is 9.85. The first-order valence-corrected chi connectivity index (χ1v) is 10.2. The van der Waals surface area contributed by atoms with Gasteiger partial charge in [-0.15, -0.1) is 0 Å². The van der Waals surface area contributed by atoms with Crippen molar-refractivity contribution in [3.05, 3.63) is 40.3 Å². The summed E-state index contributed by atoms with van der Waals surface area (Å²) in [5.41, 5.74) is 0.112. The number of rotatable bonds is 4. The van der Waals surface area contributed by atoms with Gasteiger partial charge in [0.1, 0.15) is 0 Å². The molecule has 1 aromatic carbocycles. The molecule has 4 rings (SSSR count). The van der Waals surface area contributed by atoms with Gasteiger partial charge in [-0.3, -0.25) is 14.5 Å². The molecule has 2 aliphatic rings. The summed E-state index contributed by atoms with van der Waals surface area (Å²) < 4.78 is 0. The van der Waals surface area contributed by atoms with Crippen LogP contribution in [0, 0.1) is 0 Å². The van der Waals surface area contributed by atoms with E-state index in [1.54, 1.807) is 18.2 Å². The second-order valence-electron chi connectivity index (χ2n) is 7.96. The monoisotopic (exact) mass is 368 g/mol. The van der Waals surface area contributed by atoms with Crippen LogP contribution < -0.4 is 10.9 Å². The third-order valence-corrected chi connectivity index (χ3v) is 6.30. The maximum atomic E-state index is 12.9. The van der Waals surface area contributed by atoms with Crippen molar-refractivity contribution >= 4 is 16.7 Å². The molecule has 1 aliphatic heterocycles. The summed E-state index contributed by atoms with van der Waals surface area (Å²) in [5.74, 6) is -0.204. The summed E-state index contributed by atoms with van der Waals surface area (Å²) in [7, 11) is 0. The lowest BCUT2D eigenvalue weighted by Crippen LogP contribution is -2.58. The fourth-order valence-corrected chi connectivity index (χ4v) is 4.80. The van der Waals surface area contributed by atoms with Crippen LogP contribution in [0.5, 0.6) is 0 Å². The normalized spacial score (nSPS) is 20.4.